The second-order valence-corrected chi connectivity index (χ2v) is 37.2. The van der Waals surface area contributed by atoms with Gasteiger partial charge in [0.1, 0.15) is 62.8 Å². The molecule has 5 fully saturated rings. The number of carboxylic acid groups (broad SMARTS) is 2. The van der Waals surface area contributed by atoms with Crippen LogP contribution in [0.15, 0.2) is 96.9 Å². The molecule has 5 saturated heterocycles. The summed E-state index contributed by atoms with van der Waals surface area (Å²) in [5, 5.41) is 19.3. The number of aliphatic carboxylic acids is 2. The van der Waals surface area contributed by atoms with Gasteiger partial charge in [0, 0.05) is 127 Å². The molecule has 6 N–H and O–H groups in total. The predicted molar refractivity (Wildman–Crippen MR) is 519 cm³/mol. The first kappa shape index (κ1) is 123. The van der Waals surface area contributed by atoms with Crippen LogP contribution in [0.25, 0.3) is 0 Å². The van der Waals surface area contributed by atoms with E-state index in [0.29, 0.717) is 114 Å². The van der Waals surface area contributed by atoms with Gasteiger partial charge in [-0.2, -0.15) is 0 Å². The van der Waals surface area contributed by atoms with Crippen molar-refractivity contribution in [1.82, 2.24) is 19.6 Å². The van der Waals surface area contributed by atoms with E-state index in [4.69, 9.17) is 55.3 Å². The molecule has 6 unspecified atom stereocenters. The Morgan fingerprint density at radius 2 is 0.925 bits per heavy atom. The molecule has 0 aromatic heterocycles. The fourth-order valence-corrected chi connectivity index (χ4v) is 14.6. The number of nitrogens with one attached hydrogen (secondary N) is 1. The number of Topliss-reactive ketones (excluding diaryl/α,β-unsaturated/α-hetero) is 4. The summed E-state index contributed by atoms with van der Waals surface area (Å²) in [6.45, 7) is 49.2. The van der Waals surface area contributed by atoms with Crippen LogP contribution in [0.1, 0.15) is 234 Å². The molecule has 33 nitrogen and oxygen atoms in total. The van der Waals surface area contributed by atoms with E-state index < -0.39 is 77.1 Å². The van der Waals surface area contributed by atoms with Gasteiger partial charge < -0.3 is 84.2 Å². The Kier molecular flexibility index (Phi) is 57.2. The monoisotopic (exact) mass is 1990 g/mol. The van der Waals surface area contributed by atoms with Gasteiger partial charge in [-0.05, 0) is 261 Å². The normalized spacial score (nSPS) is 20.2. The van der Waals surface area contributed by atoms with E-state index in [0.717, 1.165) is 92.7 Å². The quantitative estimate of drug-likeness (QED) is 0.0279. The van der Waals surface area contributed by atoms with E-state index in [1.54, 1.807) is 56.2 Å². The summed E-state index contributed by atoms with van der Waals surface area (Å²) in [4.78, 5) is 171. The molecule has 134 heavy (non-hydrogen) atoms. The fourth-order valence-electron chi connectivity index (χ4n) is 14.6. The van der Waals surface area contributed by atoms with Crippen LogP contribution in [-0.4, -0.2) is 276 Å². The summed E-state index contributed by atoms with van der Waals surface area (Å²) < 4.78 is 56.2. The number of piperidine rings is 3. The van der Waals surface area contributed by atoms with Gasteiger partial charge in [0.25, 0.3) is 17.7 Å². The smallest absolute Gasteiger partial charge is 0.870 e. The maximum absolute atomic E-state index is 12.4. The SMILES string of the molecule is C1CCOC1.C1CCOC1.CC(=O)O.CC(C)(C)OC(=O)N1CCC(=O)CC1.CC1CCCC2=C1CN=C2C(=O)O.CC1CN(C(=O)OC(C)(C)C)CCC1=O.CCOC(=O)C(=O)C1CN(C(=O)OC(C)(C)C)CC(C)C1=O.CCOC(=O)C1=NCC2=C1CN(C(=O)OC(C)(C)C)CC2C.CI.Cc1cccc(N)c1.Cc1cccc(NC(=O)C2=NCC3=C2CCCC3C)c1.[2H]CF.[Li+].[OH-]. The van der Waals surface area contributed by atoms with Gasteiger partial charge in [-0.15, -0.1) is 0 Å². The second-order valence-electron chi connectivity index (χ2n) is 37.2. The van der Waals surface area contributed by atoms with Crippen molar-refractivity contribution < 1.29 is 141 Å². The van der Waals surface area contributed by atoms with Crippen LogP contribution in [0, 0.1) is 49.4 Å². The number of carbonyl (C=O) groups is 13. The number of hydrogen-bond donors (Lipinski definition) is 4. The summed E-state index contributed by atoms with van der Waals surface area (Å²) in [5.41, 5.74) is 15.5. The summed E-state index contributed by atoms with van der Waals surface area (Å²) >= 11 is 2.15. The number of aliphatic imine (C=N–C) groups is 3. The van der Waals surface area contributed by atoms with Gasteiger partial charge >= 0.3 is 61.1 Å². The summed E-state index contributed by atoms with van der Waals surface area (Å²) in [7, 11) is -1.00. The molecular formula is C98H152FILiN9O24. The van der Waals surface area contributed by atoms with Crippen molar-refractivity contribution >= 4 is 128 Å². The predicted octanol–water partition coefficient (Wildman–Crippen LogP) is 13.7. The summed E-state index contributed by atoms with van der Waals surface area (Å²) in [6, 6.07) is 15.7. The standard InChI is InChI=1S/C17H20N2O.C16H24N2O4.C15H23NO6.C11H19NO3.C10H17NO3.C10H13NO2.C7H9N.2C4H8O.C2H4O2.CH3F.CH3I.Li.H2O/c1-11-5-3-7-13(9-11)19-17(20)16-14-8-4-6-12(2)15(14)10-18-16;1-6-21-14(19)13-12-9-18(15(20)22-16(3,4)5)8-10(2)11(12)7-17-13;1-6-21-13(19)12(18)10-8-16(7-9(2)11(10)17)14(20)22-15(3,4)5;1-8-7-12(6-5-9(8)13)10(14)15-11(2,3)4;1-10(2,3)14-9(13)11-6-4-8(12)5-7-11;1-6-3-2-4-7-8(6)5-11-9(7)10(12)13;1-6-3-2-4-7(8)5-6;2*1-2-4-5-3-1;1-2(3)4;2*1-2;;/h3,5,7,9,12H,4,6,8,10H2,1-2H3,(H,19,20);10H,6-9H2,1-5H3;9-10H,6-8H2,1-5H3;8H,5-7H2,1-4H3;4-7H2,1-3H3;6H,2-5H2,1H3,(H,12,13);2-5H,8H2,1H3;2*1-4H2;1H3,(H,3,4);2*1H3;;1H2/q;;;;;;;;;;;;+1;/p-1/i;;;;;;;;;;1D;;;. The molecule has 9 aliphatic heterocycles. The molecule has 2 aromatic carbocycles. The van der Waals surface area contributed by atoms with Crippen LogP contribution in [-0.2, 0) is 81.0 Å². The number of halogens is 2. The molecule has 0 radical (unpaired) electrons. The Morgan fingerprint density at radius 1 is 0.530 bits per heavy atom. The van der Waals surface area contributed by atoms with E-state index >= 15 is 0 Å². The van der Waals surface area contributed by atoms with Gasteiger partial charge in [-0.3, -0.25) is 48.1 Å². The number of amides is 5. The van der Waals surface area contributed by atoms with Crippen molar-refractivity contribution in [3.63, 3.8) is 0 Å². The number of likely N-dealkylation sites (tertiary alicyclic amines) is 3. The zero-order valence-electron chi connectivity index (χ0n) is 84.9. The van der Waals surface area contributed by atoms with Gasteiger partial charge in [0.15, 0.2) is 0 Å². The number of nitrogens with two attached hydrogens (primary N) is 1. The molecule has 36 heteroatoms. The first-order valence-electron chi connectivity index (χ1n) is 46.2. The van der Waals surface area contributed by atoms with E-state index in [-0.39, 0.29) is 97.4 Å². The van der Waals surface area contributed by atoms with Crippen molar-refractivity contribution in [1.29, 1.82) is 0 Å². The zero-order chi connectivity index (χ0) is 101. The third-order valence-corrected chi connectivity index (χ3v) is 21.0. The second kappa shape index (κ2) is 62.5. The maximum Gasteiger partial charge on any atom is 1.00 e. The molecular weight excluding hydrogens is 1840 g/mol. The van der Waals surface area contributed by atoms with E-state index in [9.17, 15) is 61.9 Å². The maximum atomic E-state index is 12.4. The number of rotatable bonds is 8. The van der Waals surface area contributed by atoms with Crippen molar-refractivity contribution in [2.75, 3.05) is 135 Å². The Hall–Kier alpha value is -9.28. The molecule has 11 aliphatic rings. The van der Waals surface area contributed by atoms with Gasteiger partial charge in [-0.1, -0.05) is 81.5 Å². The van der Waals surface area contributed by atoms with E-state index in [1.807, 2.05) is 143 Å². The largest absolute Gasteiger partial charge is 1.00 e. The first-order chi connectivity index (χ1) is 62.2. The Bertz CT molecular complexity index is 4350. The van der Waals surface area contributed by atoms with Crippen LogP contribution in [0.2, 0.25) is 0 Å². The number of aryl methyl sites for hydroxylation is 2. The van der Waals surface area contributed by atoms with Gasteiger partial charge in [0.05, 0.1) is 47.9 Å². The van der Waals surface area contributed by atoms with Crippen LogP contribution >= 0.6 is 22.6 Å². The number of benzene rings is 2. The Balaban J connectivity index is 0.00000151. The minimum absolute atomic E-state index is 0. The molecule has 2 aromatic rings. The third-order valence-electron chi connectivity index (χ3n) is 21.0. The van der Waals surface area contributed by atoms with Crippen LogP contribution < -0.4 is 29.9 Å². The van der Waals surface area contributed by atoms with Crippen molar-refractivity contribution in [2.45, 2.75) is 258 Å². The summed E-state index contributed by atoms with van der Waals surface area (Å²) in [5.74, 6) is -4.53. The average molecular weight is 1990 g/mol. The molecule has 6 atom stereocenters. The van der Waals surface area contributed by atoms with Crippen molar-refractivity contribution in [3.05, 3.63) is 93.1 Å². The fraction of sp³-hybridized carbons (Fsp3) is 0.653. The number of alkyl halides is 2. The minimum atomic E-state index is -1.18. The number of carbonyl (C=O) groups excluding carboxylic acids is 11. The number of ketones is 4. The van der Waals surface area contributed by atoms with Crippen LogP contribution in [0.5, 0.6) is 0 Å². The molecule has 5 amide bonds. The number of hydrogen-bond acceptors (Lipinski definition) is 26. The van der Waals surface area contributed by atoms with E-state index in [1.165, 1.54) is 65.7 Å². The number of esters is 2. The first-order valence-corrected chi connectivity index (χ1v) is 47.6. The van der Waals surface area contributed by atoms with E-state index in [2.05, 4.69) is 61.5 Å². The van der Waals surface area contributed by atoms with Gasteiger partial charge in [-0.25, -0.2) is 33.6 Å². The molecule has 0 bridgehead atoms. The van der Waals surface area contributed by atoms with Crippen LogP contribution in [0.3, 0.4) is 0 Å². The Labute approximate surface area is 820 Å². The topological polar surface area (TPSA) is 454 Å². The molecule has 2 aliphatic carbocycles. The summed E-state index contributed by atoms with van der Waals surface area (Å²) in [6.07, 6.45) is 11.5. The number of nitrogen functional groups attached to an aromatic ring is 1. The van der Waals surface area contributed by atoms with Gasteiger partial charge in [0.2, 0.25) is 0 Å². The van der Waals surface area contributed by atoms with Crippen molar-refractivity contribution in [3.8, 4) is 0 Å². The molecule has 0 saturated carbocycles. The number of carboxylic acids is 2. The molecule has 748 valence electrons. The molecule has 0 spiro atoms. The number of nitrogens with zero attached hydrogens (tertiary/aromatic N) is 7. The Morgan fingerprint density at radius 3 is 1.34 bits per heavy atom. The molecule has 9 heterocycles. The third kappa shape index (κ3) is 47.0. The van der Waals surface area contributed by atoms with Crippen molar-refractivity contribution in [2.24, 2.45) is 50.5 Å². The van der Waals surface area contributed by atoms with Crippen LogP contribution in [0.4, 0.5) is 34.9 Å². The minimum Gasteiger partial charge on any atom is -0.870 e. The number of anilines is 2. The average Bonchev–Trinajstić information content (AvgIpc) is 1.66. The zero-order valence-corrected chi connectivity index (χ0v) is 86.0. The number of ether oxygens (including phenoxy) is 8. The molecule has 13 rings (SSSR count).